The maximum atomic E-state index is 10.8. The van der Waals surface area contributed by atoms with Gasteiger partial charge in [0.2, 0.25) is 0 Å². The number of pyridine rings is 1. The van der Waals surface area contributed by atoms with E-state index in [0.717, 1.165) is 4.47 Å². The predicted octanol–water partition coefficient (Wildman–Crippen LogP) is 2.74. The van der Waals surface area contributed by atoms with Crippen molar-refractivity contribution in [3.8, 4) is 6.07 Å². The van der Waals surface area contributed by atoms with E-state index in [2.05, 4.69) is 26.2 Å². The Morgan fingerprint density at radius 1 is 1.45 bits per heavy atom. The van der Waals surface area contributed by atoms with Crippen molar-refractivity contribution in [3.63, 3.8) is 0 Å². The molecule has 0 atom stereocenters. The van der Waals surface area contributed by atoms with Crippen molar-refractivity contribution in [1.29, 1.82) is 5.26 Å². The highest BCUT2D eigenvalue weighted by Crippen LogP contribution is 2.26. The summed E-state index contributed by atoms with van der Waals surface area (Å²) in [5.41, 5.74) is 6.90. The Morgan fingerprint density at radius 2 is 2.20 bits per heavy atom. The van der Waals surface area contributed by atoms with Gasteiger partial charge < -0.3 is 16.2 Å². The normalized spacial score (nSPS) is 9.80. The van der Waals surface area contributed by atoms with Gasteiger partial charge in [-0.05, 0) is 24.3 Å². The number of nitrogen functional groups attached to an aromatic ring is 1. The number of nitrogens with zero attached hydrogens (tertiary/aromatic N) is 2. The van der Waals surface area contributed by atoms with Crippen molar-refractivity contribution >= 4 is 39.1 Å². The molecule has 0 aliphatic heterocycles. The van der Waals surface area contributed by atoms with Crippen LogP contribution in [-0.4, -0.2) is 16.1 Å². The maximum absolute atomic E-state index is 10.8. The van der Waals surface area contributed by atoms with E-state index in [-0.39, 0.29) is 11.3 Å². The van der Waals surface area contributed by atoms with E-state index in [1.807, 2.05) is 6.07 Å². The first-order chi connectivity index (χ1) is 9.51. The number of benzene rings is 1. The number of aromatic nitrogens is 1. The number of carbonyl (C=O) groups is 1. The monoisotopic (exact) mass is 332 g/mol. The Hall–Kier alpha value is -2.59. The smallest absolute Gasteiger partial charge is 0.337 e. The SMILES string of the molecule is N#Cc1ccc(Br)cc1Nc1ncc(C(=O)O)cc1N. The minimum Gasteiger partial charge on any atom is -0.478 e. The molecule has 100 valence electrons. The van der Waals surface area contributed by atoms with Crippen molar-refractivity contribution in [2.45, 2.75) is 0 Å². The van der Waals surface area contributed by atoms with E-state index in [9.17, 15) is 4.79 Å². The maximum Gasteiger partial charge on any atom is 0.337 e. The van der Waals surface area contributed by atoms with Crippen molar-refractivity contribution in [2.75, 3.05) is 11.1 Å². The van der Waals surface area contributed by atoms with E-state index in [4.69, 9.17) is 16.1 Å². The Labute approximate surface area is 123 Å². The fourth-order valence-electron chi connectivity index (χ4n) is 1.55. The highest BCUT2D eigenvalue weighted by molar-refractivity contribution is 9.10. The molecule has 7 heteroatoms. The topological polar surface area (TPSA) is 112 Å². The van der Waals surface area contributed by atoms with Gasteiger partial charge in [-0.1, -0.05) is 15.9 Å². The third kappa shape index (κ3) is 2.87. The van der Waals surface area contributed by atoms with Crippen LogP contribution in [0.2, 0.25) is 0 Å². The largest absolute Gasteiger partial charge is 0.478 e. The number of aromatic carboxylic acids is 1. The molecule has 4 N–H and O–H groups in total. The van der Waals surface area contributed by atoms with Crippen LogP contribution < -0.4 is 11.1 Å². The van der Waals surface area contributed by atoms with Gasteiger partial charge in [-0.25, -0.2) is 9.78 Å². The van der Waals surface area contributed by atoms with Crippen LogP contribution >= 0.6 is 15.9 Å². The number of nitrogens with one attached hydrogen (secondary N) is 1. The summed E-state index contributed by atoms with van der Waals surface area (Å²) in [6.45, 7) is 0. The fraction of sp³-hybridized carbons (Fsp3) is 0. The molecule has 2 rings (SSSR count). The molecule has 0 radical (unpaired) electrons. The number of halogens is 1. The van der Waals surface area contributed by atoms with E-state index in [1.54, 1.807) is 18.2 Å². The quantitative estimate of drug-likeness (QED) is 0.796. The first-order valence-corrected chi connectivity index (χ1v) is 6.26. The molecule has 0 fully saturated rings. The molecule has 0 bridgehead atoms. The van der Waals surface area contributed by atoms with Gasteiger partial charge in [0.25, 0.3) is 0 Å². The third-order valence-corrected chi connectivity index (χ3v) is 3.01. The summed E-state index contributed by atoms with van der Waals surface area (Å²) < 4.78 is 0.791. The number of hydrogen-bond acceptors (Lipinski definition) is 5. The number of carboxylic acids is 1. The van der Waals surface area contributed by atoms with Crippen LogP contribution in [0.3, 0.4) is 0 Å². The van der Waals surface area contributed by atoms with Gasteiger partial charge in [-0.15, -0.1) is 0 Å². The molecule has 0 saturated heterocycles. The molecule has 0 unspecified atom stereocenters. The van der Waals surface area contributed by atoms with Gasteiger partial charge in [-0.3, -0.25) is 0 Å². The minimum absolute atomic E-state index is 0.00259. The van der Waals surface area contributed by atoms with Gasteiger partial charge in [0.15, 0.2) is 5.82 Å². The second-order valence-corrected chi connectivity index (χ2v) is 4.81. The summed E-state index contributed by atoms with van der Waals surface area (Å²) in [7, 11) is 0. The highest BCUT2D eigenvalue weighted by Gasteiger charge is 2.10. The van der Waals surface area contributed by atoms with Crippen LogP contribution in [0, 0.1) is 11.3 Å². The number of anilines is 3. The Morgan fingerprint density at radius 3 is 2.80 bits per heavy atom. The van der Waals surface area contributed by atoms with E-state index in [0.29, 0.717) is 17.1 Å². The van der Waals surface area contributed by atoms with Crippen LogP contribution in [0.15, 0.2) is 34.9 Å². The van der Waals surface area contributed by atoms with E-state index < -0.39 is 5.97 Å². The van der Waals surface area contributed by atoms with Gasteiger partial charge in [0, 0.05) is 10.7 Å². The Bertz CT molecular complexity index is 725. The first kappa shape index (κ1) is 13.8. The van der Waals surface area contributed by atoms with Crippen LogP contribution in [0.1, 0.15) is 15.9 Å². The zero-order valence-corrected chi connectivity index (χ0v) is 11.7. The molecule has 1 heterocycles. The fourth-order valence-corrected chi connectivity index (χ4v) is 1.91. The van der Waals surface area contributed by atoms with Crippen molar-refractivity contribution in [2.24, 2.45) is 0 Å². The summed E-state index contributed by atoms with van der Waals surface area (Å²) in [4.78, 5) is 14.8. The Balaban J connectivity index is 2.38. The van der Waals surface area contributed by atoms with Gasteiger partial charge in [0.1, 0.15) is 6.07 Å². The first-order valence-electron chi connectivity index (χ1n) is 5.46. The highest BCUT2D eigenvalue weighted by atomic mass is 79.9. The number of carboxylic acid groups (broad SMARTS) is 1. The zero-order chi connectivity index (χ0) is 14.7. The molecule has 1 aromatic heterocycles. The molecule has 0 saturated carbocycles. The summed E-state index contributed by atoms with van der Waals surface area (Å²) >= 11 is 3.31. The number of nitriles is 1. The van der Waals surface area contributed by atoms with Crippen LogP contribution in [0.25, 0.3) is 0 Å². The summed E-state index contributed by atoms with van der Waals surface area (Å²) in [5, 5.41) is 20.8. The molecule has 2 aromatic rings. The minimum atomic E-state index is -1.10. The summed E-state index contributed by atoms with van der Waals surface area (Å²) in [6.07, 6.45) is 1.20. The molecule has 0 aliphatic rings. The van der Waals surface area contributed by atoms with Crippen LogP contribution in [0.4, 0.5) is 17.2 Å². The van der Waals surface area contributed by atoms with Crippen molar-refractivity contribution < 1.29 is 9.90 Å². The van der Waals surface area contributed by atoms with Gasteiger partial charge in [0.05, 0.1) is 22.5 Å². The van der Waals surface area contributed by atoms with Crippen LogP contribution in [0.5, 0.6) is 0 Å². The second kappa shape index (κ2) is 5.59. The molecule has 0 amide bonds. The molecular weight excluding hydrogens is 324 g/mol. The van der Waals surface area contributed by atoms with Gasteiger partial charge >= 0.3 is 5.97 Å². The lowest BCUT2D eigenvalue weighted by Gasteiger charge is -2.10. The van der Waals surface area contributed by atoms with Crippen molar-refractivity contribution in [1.82, 2.24) is 4.98 Å². The van der Waals surface area contributed by atoms with Crippen molar-refractivity contribution in [3.05, 3.63) is 46.1 Å². The summed E-state index contributed by atoms with van der Waals surface area (Å²) in [6, 6.07) is 8.46. The molecule has 0 aliphatic carbocycles. The average Bonchev–Trinajstić information content (AvgIpc) is 2.41. The van der Waals surface area contributed by atoms with E-state index >= 15 is 0 Å². The number of nitrogens with two attached hydrogens (primary N) is 1. The third-order valence-electron chi connectivity index (χ3n) is 2.52. The summed E-state index contributed by atoms with van der Waals surface area (Å²) in [5.74, 6) is -0.805. The van der Waals surface area contributed by atoms with Crippen LogP contribution in [-0.2, 0) is 0 Å². The Kier molecular flexibility index (Phi) is 3.86. The molecule has 1 aromatic carbocycles. The number of hydrogen-bond donors (Lipinski definition) is 3. The standard InChI is InChI=1S/C13H9BrN4O2/c14-9-2-1-7(5-15)11(4-9)18-12-10(16)3-8(6-17-12)13(19)20/h1-4,6H,16H2,(H,17,18)(H,19,20). The second-order valence-electron chi connectivity index (χ2n) is 3.89. The average molecular weight is 333 g/mol. The zero-order valence-electron chi connectivity index (χ0n) is 10.1. The molecule has 6 nitrogen and oxygen atoms in total. The molecular formula is C13H9BrN4O2. The molecule has 0 spiro atoms. The lowest BCUT2D eigenvalue weighted by atomic mass is 10.2. The lowest BCUT2D eigenvalue weighted by molar-refractivity contribution is 0.0696. The predicted molar refractivity (Wildman–Crippen MR) is 77.7 cm³/mol. The van der Waals surface area contributed by atoms with Gasteiger partial charge in [-0.2, -0.15) is 5.26 Å². The lowest BCUT2D eigenvalue weighted by Crippen LogP contribution is -2.04. The van der Waals surface area contributed by atoms with E-state index in [1.165, 1.54) is 12.3 Å². The number of rotatable bonds is 3. The molecule has 20 heavy (non-hydrogen) atoms.